The molecule has 1 aliphatic rings. The first-order chi connectivity index (χ1) is 4.81. The van der Waals surface area contributed by atoms with Crippen molar-refractivity contribution in [2.45, 2.75) is 17.2 Å². The zero-order chi connectivity index (χ0) is 7.03. The lowest BCUT2D eigenvalue weighted by atomic mass is 10.1. The molecule has 1 heteroatoms. The zero-order valence-electron chi connectivity index (χ0n) is 5.60. The van der Waals surface area contributed by atoms with E-state index in [1.165, 1.54) is 18.4 Å². The lowest BCUT2D eigenvalue weighted by Gasteiger charge is -2.03. The van der Waals surface area contributed by atoms with E-state index in [2.05, 4.69) is 34.1 Å². The topological polar surface area (TPSA) is 0 Å². The fourth-order valence-electron chi connectivity index (χ4n) is 1.08. The van der Waals surface area contributed by atoms with Crippen molar-refractivity contribution in [2.75, 3.05) is 0 Å². The summed E-state index contributed by atoms with van der Waals surface area (Å²) in [5.74, 6) is 0. The molecule has 0 nitrogen and oxygen atoms in total. The number of hydrogen-bond acceptors (Lipinski definition) is 0. The second-order valence-electron chi connectivity index (χ2n) is 2.75. The number of halogens is 1. The molecule has 1 radical (unpaired) electrons. The number of hydrogen-bond donors (Lipinski definition) is 0. The molecule has 1 aromatic carbocycles. The van der Waals surface area contributed by atoms with Gasteiger partial charge < -0.3 is 0 Å². The lowest BCUT2D eigenvalue weighted by molar-refractivity contribution is 1.06. The van der Waals surface area contributed by atoms with E-state index in [0.717, 1.165) is 0 Å². The second kappa shape index (κ2) is 2.09. The first-order valence-electron chi connectivity index (χ1n) is 3.47. The second-order valence-corrected chi connectivity index (χ2v) is 4.27. The molecule has 0 atom stereocenters. The summed E-state index contributed by atoms with van der Waals surface area (Å²) < 4.78 is 0.335. The number of benzene rings is 1. The molecular formula is C9H8Br. The molecule has 0 bridgehead atoms. The van der Waals surface area contributed by atoms with Gasteiger partial charge in [0.25, 0.3) is 0 Å². The van der Waals surface area contributed by atoms with Crippen LogP contribution in [0.15, 0.2) is 24.3 Å². The number of rotatable bonds is 1. The van der Waals surface area contributed by atoms with Gasteiger partial charge in [-0.15, -0.1) is 0 Å². The van der Waals surface area contributed by atoms with Crippen LogP contribution in [-0.4, -0.2) is 0 Å². The minimum atomic E-state index is 0.335. The van der Waals surface area contributed by atoms with Gasteiger partial charge in [0, 0.05) is 0 Å². The van der Waals surface area contributed by atoms with Crippen molar-refractivity contribution >= 4 is 15.9 Å². The summed E-state index contributed by atoms with van der Waals surface area (Å²) in [6.45, 7) is 0. The van der Waals surface area contributed by atoms with E-state index >= 15 is 0 Å². The van der Waals surface area contributed by atoms with Crippen LogP contribution in [0.2, 0.25) is 0 Å². The molecule has 0 unspecified atom stereocenters. The molecule has 1 aliphatic carbocycles. The van der Waals surface area contributed by atoms with Crippen LogP contribution in [0.1, 0.15) is 18.4 Å². The van der Waals surface area contributed by atoms with Gasteiger partial charge >= 0.3 is 0 Å². The van der Waals surface area contributed by atoms with E-state index in [0.29, 0.717) is 4.32 Å². The van der Waals surface area contributed by atoms with Crippen LogP contribution in [0.5, 0.6) is 0 Å². The van der Waals surface area contributed by atoms with Crippen LogP contribution in [-0.2, 0) is 4.32 Å². The van der Waals surface area contributed by atoms with Crippen LogP contribution >= 0.6 is 15.9 Å². The molecule has 0 heterocycles. The molecule has 0 saturated heterocycles. The first-order valence-corrected chi connectivity index (χ1v) is 4.26. The molecule has 1 saturated carbocycles. The molecule has 51 valence electrons. The zero-order valence-corrected chi connectivity index (χ0v) is 7.19. The Labute approximate surface area is 69.4 Å². The fourth-order valence-corrected chi connectivity index (χ4v) is 1.55. The smallest absolute Gasteiger partial charge is 0.0507 e. The van der Waals surface area contributed by atoms with Crippen molar-refractivity contribution in [2.24, 2.45) is 0 Å². The maximum Gasteiger partial charge on any atom is 0.0507 e. The summed E-state index contributed by atoms with van der Waals surface area (Å²) in [7, 11) is 0. The van der Waals surface area contributed by atoms with E-state index in [4.69, 9.17) is 0 Å². The van der Waals surface area contributed by atoms with Gasteiger partial charge in [-0.2, -0.15) is 0 Å². The highest BCUT2D eigenvalue weighted by atomic mass is 79.9. The molecule has 1 aromatic rings. The lowest BCUT2D eigenvalue weighted by Crippen LogP contribution is -1.92. The maximum atomic E-state index is 3.68. The summed E-state index contributed by atoms with van der Waals surface area (Å²) >= 11 is 3.68. The minimum Gasteiger partial charge on any atom is -0.0801 e. The monoisotopic (exact) mass is 195 g/mol. The van der Waals surface area contributed by atoms with Gasteiger partial charge in [-0.1, -0.05) is 40.2 Å². The van der Waals surface area contributed by atoms with Crippen molar-refractivity contribution in [3.63, 3.8) is 0 Å². The molecule has 1 fully saturated rings. The van der Waals surface area contributed by atoms with Crippen LogP contribution in [0.25, 0.3) is 0 Å². The third-order valence-electron chi connectivity index (χ3n) is 1.92. The van der Waals surface area contributed by atoms with Crippen molar-refractivity contribution in [1.29, 1.82) is 0 Å². The predicted octanol–water partition coefficient (Wildman–Crippen LogP) is 2.87. The summed E-state index contributed by atoms with van der Waals surface area (Å²) in [6.07, 6.45) is 2.55. The standard InChI is InChI=1S/C9H8Br/c10-9(6-7-9)8-4-2-1-3-5-8/h2-5H,6-7H2. The third-order valence-corrected chi connectivity index (χ3v) is 3.18. The van der Waals surface area contributed by atoms with Crippen LogP contribution in [0.4, 0.5) is 0 Å². The molecule has 0 aliphatic heterocycles. The predicted molar refractivity (Wildman–Crippen MR) is 45.1 cm³/mol. The number of alkyl halides is 1. The molecule has 0 aromatic heterocycles. The van der Waals surface area contributed by atoms with Crippen molar-refractivity contribution in [3.8, 4) is 0 Å². The Balaban J connectivity index is 2.35. The highest BCUT2D eigenvalue weighted by Gasteiger charge is 2.41. The first kappa shape index (κ1) is 6.41. The molecular weight excluding hydrogens is 188 g/mol. The van der Waals surface area contributed by atoms with Crippen LogP contribution in [0, 0.1) is 6.07 Å². The molecule has 0 N–H and O–H groups in total. The van der Waals surface area contributed by atoms with E-state index in [9.17, 15) is 0 Å². The van der Waals surface area contributed by atoms with Gasteiger partial charge in [-0.05, 0) is 24.5 Å². The van der Waals surface area contributed by atoms with E-state index < -0.39 is 0 Å². The normalized spacial score (nSPS) is 20.5. The Morgan fingerprint density at radius 1 is 1.30 bits per heavy atom. The molecule has 0 spiro atoms. The summed E-state index contributed by atoms with van der Waals surface area (Å²) in [5, 5.41) is 0. The van der Waals surface area contributed by atoms with Gasteiger partial charge in [0.05, 0.1) is 4.32 Å². The van der Waals surface area contributed by atoms with Gasteiger partial charge in [0.15, 0.2) is 0 Å². The SMILES string of the molecule is BrC1(c2cc[c]cc2)CC1. The molecule has 10 heavy (non-hydrogen) atoms. The molecule has 0 amide bonds. The average Bonchev–Trinajstić information content (AvgIpc) is 2.72. The van der Waals surface area contributed by atoms with Gasteiger partial charge in [-0.25, -0.2) is 0 Å². The van der Waals surface area contributed by atoms with Gasteiger partial charge in [-0.3, -0.25) is 0 Å². The molecule has 2 rings (SSSR count). The average molecular weight is 196 g/mol. The summed E-state index contributed by atoms with van der Waals surface area (Å²) in [5.41, 5.74) is 1.39. The van der Waals surface area contributed by atoms with Crippen LogP contribution in [0.3, 0.4) is 0 Å². The van der Waals surface area contributed by atoms with Crippen molar-refractivity contribution in [3.05, 3.63) is 35.9 Å². The Bertz CT molecular complexity index is 224. The van der Waals surface area contributed by atoms with Gasteiger partial charge in [0.1, 0.15) is 0 Å². The van der Waals surface area contributed by atoms with Gasteiger partial charge in [0.2, 0.25) is 0 Å². The Hall–Kier alpha value is -0.300. The third kappa shape index (κ3) is 0.988. The van der Waals surface area contributed by atoms with Crippen molar-refractivity contribution < 1.29 is 0 Å². The Morgan fingerprint density at radius 3 is 2.40 bits per heavy atom. The summed E-state index contributed by atoms with van der Waals surface area (Å²) in [6, 6.07) is 11.2. The van der Waals surface area contributed by atoms with Crippen molar-refractivity contribution in [1.82, 2.24) is 0 Å². The van der Waals surface area contributed by atoms with E-state index in [1.807, 2.05) is 12.1 Å². The quantitative estimate of drug-likeness (QED) is 0.606. The Kier molecular flexibility index (Phi) is 1.34. The van der Waals surface area contributed by atoms with Crippen LogP contribution < -0.4 is 0 Å². The minimum absolute atomic E-state index is 0.335. The fraction of sp³-hybridized carbons (Fsp3) is 0.333. The summed E-state index contributed by atoms with van der Waals surface area (Å²) in [4.78, 5) is 0. The highest BCUT2D eigenvalue weighted by molar-refractivity contribution is 9.09. The maximum absolute atomic E-state index is 3.68. The Morgan fingerprint density at radius 2 is 1.90 bits per heavy atom. The van der Waals surface area contributed by atoms with E-state index in [-0.39, 0.29) is 0 Å². The largest absolute Gasteiger partial charge is 0.0801 e. The highest BCUT2D eigenvalue weighted by Crippen LogP contribution is 2.53. The van der Waals surface area contributed by atoms with E-state index in [1.54, 1.807) is 0 Å².